The Labute approximate surface area is 132 Å². The highest BCUT2D eigenvalue weighted by molar-refractivity contribution is 7.89. The van der Waals surface area contributed by atoms with Gasteiger partial charge in [-0.15, -0.1) is 0 Å². The maximum atomic E-state index is 11.5. The normalized spacial score (nSPS) is 20.9. The fourth-order valence-corrected chi connectivity index (χ4v) is 3.66. The van der Waals surface area contributed by atoms with Crippen LogP contribution < -0.4 is 4.90 Å². The van der Waals surface area contributed by atoms with Crippen LogP contribution >= 0.6 is 0 Å². The average Bonchev–Trinajstić information content (AvgIpc) is 2.45. The van der Waals surface area contributed by atoms with Crippen molar-refractivity contribution in [1.82, 2.24) is 4.98 Å². The van der Waals surface area contributed by atoms with Crippen LogP contribution in [0.5, 0.6) is 0 Å². The van der Waals surface area contributed by atoms with E-state index in [1.807, 2.05) is 11.8 Å². The Morgan fingerprint density at radius 3 is 2.82 bits per heavy atom. The average molecular weight is 348 g/mol. The zero-order valence-electron chi connectivity index (χ0n) is 12.6. The minimum atomic E-state index is -3.24. The molecule has 0 saturated carbocycles. The Balaban J connectivity index is 2.43. The lowest BCUT2D eigenvalue weighted by Crippen LogP contribution is -2.45. The van der Waals surface area contributed by atoms with Crippen LogP contribution in [0.4, 0.5) is 5.82 Å². The molecular formula is C13H20N2O5S2. The van der Waals surface area contributed by atoms with Gasteiger partial charge < -0.3 is 14.2 Å². The molecule has 1 aliphatic heterocycles. The topological polar surface area (TPSA) is 96.8 Å². The summed E-state index contributed by atoms with van der Waals surface area (Å²) < 4.78 is 49.1. The van der Waals surface area contributed by atoms with E-state index in [2.05, 4.69) is 4.98 Å². The van der Waals surface area contributed by atoms with Gasteiger partial charge in [0.25, 0.3) is 0 Å². The van der Waals surface area contributed by atoms with E-state index in [9.17, 15) is 17.2 Å². The maximum absolute atomic E-state index is 11.5. The molecule has 2 unspecified atom stereocenters. The number of rotatable bonds is 5. The lowest BCUT2D eigenvalue weighted by Gasteiger charge is -2.36. The Hall–Kier alpha value is -1.03. The second kappa shape index (κ2) is 7.03. The van der Waals surface area contributed by atoms with Gasteiger partial charge in [0.1, 0.15) is 5.82 Å². The largest absolute Gasteiger partial charge is 0.377 e. The number of sulfone groups is 1. The van der Waals surface area contributed by atoms with Crippen LogP contribution in [0.2, 0.25) is 0 Å². The van der Waals surface area contributed by atoms with Gasteiger partial charge in [0.2, 0.25) is 11.1 Å². The highest BCUT2D eigenvalue weighted by Gasteiger charge is 2.24. The summed E-state index contributed by atoms with van der Waals surface area (Å²) >= 11 is -2.26. The molecule has 124 valence electrons. The summed E-state index contributed by atoms with van der Waals surface area (Å²) in [6.07, 6.45) is 1.97. The van der Waals surface area contributed by atoms with E-state index in [0.717, 1.165) is 12.7 Å². The number of hydrogen-bond donors (Lipinski definition) is 1. The molecule has 1 saturated heterocycles. The van der Waals surface area contributed by atoms with Gasteiger partial charge in [-0.2, -0.15) is 0 Å². The first-order valence-corrected chi connectivity index (χ1v) is 10.1. The Kier molecular flexibility index (Phi) is 5.54. The lowest BCUT2D eigenvalue weighted by molar-refractivity contribution is 0.0925. The molecule has 1 fully saturated rings. The first kappa shape index (κ1) is 17.3. The summed E-state index contributed by atoms with van der Waals surface area (Å²) in [4.78, 5) is 6.22. The summed E-state index contributed by atoms with van der Waals surface area (Å²) in [5.41, 5.74) is 0.464. The van der Waals surface area contributed by atoms with Crippen molar-refractivity contribution in [2.45, 2.75) is 30.2 Å². The van der Waals surface area contributed by atoms with E-state index in [0.29, 0.717) is 31.1 Å². The molecule has 0 radical (unpaired) electrons. The van der Waals surface area contributed by atoms with Crippen LogP contribution in [0.15, 0.2) is 17.2 Å². The second-order valence-corrected chi connectivity index (χ2v) is 8.38. The van der Waals surface area contributed by atoms with E-state index < -0.39 is 20.9 Å². The third kappa shape index (κ3) is 4.48. The number of nitrogens with zero attached hydrogens (tertiary/aromatic N) is 2. The zero-order chi connectivity index (χ0) is 16.3. The van der Waals surface area contributed by atoms with Crippen LogP contribution in [0.25, 0.3) is 0 Å². The summed E-state index contributed by atoms with van der Waals surface area (Å²) in [6, 6.07) is 3.16. The molecule has 0 bridgehead atoms. The molecule has 1 aliphatic rings. The highest BCUT2D eigenvalue weighted by atomic mass is 32.2. The van der Waals surface area contributed by atoms with Crippen molar-refractivity contribution >= 4 is 26.7 Å². The SMILES string of the molecule is CCC1COCCN1c1cc(CS(C)(=O)=O)cc(S(=O)O)n1. The van der Waals surface area contributed by atoms with Crippen LogP contribution in [0.3, 0.4) is 0 Å². The van der Waals surface area contributed by atoms with Crippen molar-refractivity contribution in [3.8, 4) is 0 Å². The summed E-state index contributed by atoms with van der Waals surface area (Å²) in [5, 5.41) is -0.0301. The predicted molar refractivity (Wildman–Crippen MR) is 84.1 cm³/mol. The van der Waals surface area contributed by atoms with Crippen LogP contribution in [-0.2, 0) is 31.4 Å². The van der Waals surface area contributed by atoms with Crippen molar-refractivity contribution in [2.24, 2.45) is 0 Å². The molecule has 1 aromatic rings. The van der Waals surface area contributed by atoms with Crippen molar-refractivity contribution in [3.05, 3.63) is 17.7 Å². The lowest BCUT2D eigenvalue weighted by atomic mass is 10.1. The quantitative estimate of drug-likeness (QED) is 0.787. The van der Waals surface area contributed by atoms with Gasteiger partial charge in [0.15, 0.2) is 14.9 Å². The fourth-order valence-electron chi connectivity index (χ4n) is 2.46. The molecule has 0 spiro atoms. The van der Waals surface area contributed by atoms with Gasteiger partial charge in [-0.1, -0.05) is 6.92 Å². The molecule has 0 aromatic carbocycles. The third-order valence-electron chi connectivity index (χ3n) is 3.45. The molecule has 0 amide bonds. The van der Waals surface area contributed by atoms with Crippen LogP contribution in [0, 0.1) is 0 Å². The van der Waals surface area contributed by atoms with Crippen LogP contribution in [-0.4, -0.2) is 54.2 Å². The van der Waals surface area contributed by atoms with Gasteiger partial charge >= 0.3 is 0 Å². The maximum Gasteiger partial charge on any atom is 0.205 e. The van der Waals surface area contributed by atoms with Crippen molar-refractivity contribution < 1.29 is 21.9 Å². The standard InChI is InChI=1S/C13H20N2O5S2/c1-3-11-8-20-5-4-15(11)12-6-10(9-22(2,18)19)7-13(14-12)21(16)17/h6-7,11H,3-5,8-9H2,1-2H3,(H,16,17). The predicted octanol–water partition coefficient (Wildman–Crippen LogP) is 0.822. The molecule has 1 N–H and O–H groups in total. The fraction of sp³-hybridized carbons (Fsp3) is 0.615. The van der Waals surface area contributed by atoms with Gasteiger partial charge in [-0.25, -0.2) is 17.6 Å². The molecule has 9 heteroatoms. The minimum absolute atomic E-state index is 0.0301. The molecule has 22 heavy (non-hydrogen) atoms. The Morgan fingerprint density at radius 2 is 2.23 bits per heavy atom. The molecule has 2 rings (SSSR count). The van der Waals surface area contributed by atoms with Crippen LogP contribution in [0.1, 0.15) is 18.9 Å². The minimum Gasteiger partial charge on any atom is -0.377 e. The van der Waals surface area contributed by atoms with Gasteiger partial charge in [-0.3, -0.25) is 0 Å². The number of ether oxygens (including phenoxy) is 1. The van der Waals surface area contributed by atoms with Crippen molar-refractivity contribution in [2.75, 3.05) is 30.9 Å². The van der Waals surface area contributed by atoms with E-state index >= 15 is 0 Å². The number of anilines is 1. The Bertz CT molecular complexity index is 662. The molecule has 1 aromatic heterocycles. The second-order valence-electron chi connectivity index (χ2n) is 5.32. The first-order chi connectivity index (χ1) is 10.3. The summed E-state index contributed by atoms with van der Waals surface area (Å²) in [7, 11) is -3.24. The number of aromatic nitrogens is 1. The van der Waals surface area contributed by atoms with E-state index in [1.165, 1.54) is 6.07 Å². The molecule has 7 nitrogen and oxygen atoms in total. The Morgan fingerprint density at radius 1 is 1.50 bits per heavy atom. The number of pyridine rings is 1. The smallest absolute Gasteiger partial charge is 0.205 e. The van der Waals surface area contributed by atoms with Gasteiger partial charge in [0, 0.05) is 12.8 Å². The van der Waals surface area contributed by atoms with Gasteiger partial charge in [0.05, 0.1) is 25.0 Å². The first-order valence-electron chi connectivity index (χ1n) is 6.94. The van der Waals surface area contributed by atoms with E-state index in [4.69, 9.17) is 4.74 Å². The molecule has 2 heterocycles. The van der Waals surface area contributed by atoms with E-state index in [-0.39, 0.29) is 16.8 Å². The molecule has 2 atom stereocenters. The zero-order valence-corrected chi connectivity index (χ0v) is 14.2. The monoisotopic (exact) mass is 348 g/mol. The van der Waals surface area contributed by atoms with Crippen molar-refractivity contribution in [3.63, 3.8) is 0 Å². The number of morpholine rings is 1. The molecule has 0 aliphatic carbocycles. The van der Waals surface area contributed by atoms with E-state index in [1.54, 1.807) is 6.07 Å². The van der Waals surface area contributed by atoms with Gasteiger partial charge in [-0.05, 0) is 24.1 Å². The number of hydrogen-bond acceptors (Lipinski definition) is 6. The highest BCUT2D eigenvalue weighted by Crippen LogP contribution is 2.23. The van der Waals surface area contributed by atoms with Crippen molar-refractivity contribution in [1.29, 1.82) is 0 Å². The summed E-state index contributed by atoms with van der Waals surface area (Å²) in [5.74, 6) is 0.335. The summed E-state index contributed by atoms with van der Waals surface area (Å²) in [6.45, 7) is 3.75. The third-order valence-corrected chi connectivity index (χ3v) is 4.87. The molecular weight excluding hydrogens is 328 g/mol.